The van der Waals surface area contributed by atoms with Gasteiger partial charge in [0.05, 0.1) is 24.1 Å². The number of hydrogen-bond donors (Lipinski definition) is 1. The molecule has 116 valence electrons. The highest BCUT2D eigenvalue weighted by atomic mass is 35.5. The van der Waals surface area contributed by atoms with E-state index in [-0.39, 0.29) is 23.5 Å². The molecule has 0 atom stereocenters. The van der Waals surface area contributed by atoms with Gasteiger partial charge in [0.1, 0.15) is 12.3 Å². The van der Waals surface area contributed by atoms with Crippen LogP contribution in [0.15, 0.2) is 18.2 Å². The number of carbonyl (C=O) groups is 1. The fourth-order valence-electron chi connectivity index (χ4n) is 1.84. The van der Waals surface area contributed by atoms with Crippen molar-refractivity contribution < 1.29 is 17.9 Å². The molecule has 1 saturated carbocycles. The van der Waals surface area contributed by atoms with E-state index >= 15 is 0 Å². The predicted molar refractivity (Wildman–Crippen MR) is 81.4 cm³/mol. The van der Waals surface area contributed by atoms with E-state index in [1.165, 1.54) is 13.2 Å². The van der Waals surface area contributed by atoms with Crippen LogP contribution in [0.25, 0.3) is 0 Å². The molecule has 0 radical (unpaired) electrons. The van der Waals surface area contributed by atoms with E-state index in [1.54, 1.807) is 12.1 Å². The molecule has 21 heavy (non-hydrogen) atoms. The summed E-state index contributed by atoms with van der Waals surface area (Å²) in [5.74, 6) is 0.117. The Kier molecular flexibility index (Phi) is 4.63. The van der Waals surface area contributed by atoms with Crippen LogP contribution in [0.5, 0.6) is 5.75 Å². The normalized spacial score (nSPS) is 14.6. The Hall–Kier alpha value is -1.47. The van der Waals surface area contributed by atoms with Crippen LogP contribution in [0, 0.1) is 0 Å². The largest absolute Gasteiger partial charge is 0.495 e. The molecule has 1 amide bonds. The van der Waals surface area contributed by atoms with E-state index in [2.05, 4.69) is 5.32 Å². The molecule has 6 nitrogen and oxygen atoms in total. The van der Waals surface area contributed by atoms with Crippen LogP contribution in [-0.2, 0) is 14.8 Å². The maximum atomic E-state index is 11.9. The number of halogens is 1. The summed E-state index contributed by atoms with van der Waals surface area (Å²) >= 11 is 6.01. The summed E-state index contributed by atoms with van der Waals surface area (Å²) in [6, 6.07) is 4.76. The van der Waals surface area contributed by atoms with E-state index < -0.39 is 10.0 Å². The SMILES string of the molecule is COc1ccc(N(CC(=O)NC2CC2)S(C)(=O)=O)cc1Cl. The first-order valence-electron chi connectivity index (χ1n) is 6.42. The van der Waals surface area contributed by atoms with Crippen molar-refractivity contribution in [2.24, 2.45) is 0 Å². The number of anilines is 1. The third-order valence-electron chi connectivity index (χ3n) is 3.05. The lowest BCUT2D eigenvalue weighted by atomic mass is 10.3. The van der Waals surface area contributed by atoms with Crippen molar-refractivity contribution in [1.82, 2.24) is 5.32 Å². The number of methoxy groups -OCH3 is 1. The number of sulfonamides is 1. The minimum Gasteiger partial charge on any atom is -0.495 e. The summed E-state index contributed by atoms with van der Waals surface area (Å²) in [6.07, 6.45) is 2.94. The minimum atomic E-state index is -3.59. The molecule has 1 N–H and O–H groups in total. The van der Waals surface area contributed by atoms with Crippen molar-refractivity contribution in [2.45, 2.75) is 18.9 Å². The average Bonchev–Trinajstić information content (AvgIpc) is 3.18. The molecule has 0 bridgehead atoms. The molecule has 0 heterocycles. The predicted octanol–water partition coefficient (Wildman–Crippen LogP) is 1.39. The lowest BCUT2D eigenvalue weighted by Gasteiger charge is -2.22. The number of benzene rings is 1. The highest BCUT2D eigenvalue weighted by Gasteiger charge is 2.27. The second-order valence-electron chi connectivity index (χ2n) is 4.93. The Labute approximate surface area is 129 Å². The van der Waals surface area contributed by atoms with Gasteiger partial charge < -0.3 is 10.1 Å². The monoisotopic (exact) mass is 332 g/mol. The van der Waals surface area contributed by atoms with Gasteiger partial charge in [-0.25, -0.2) is 8.42 Å². The van der Waals surface area contributed by atoms with Crippen LogP contribution < -0.4 is 14.4 Å². The molecule has 0 aromatic heterocycles. The third-order valence-corrected chi connectivity index (χ3v) is 4.49. The maximum Gasteiger partial charge on any atom is 0.240 e. The number of nitrogens with zero attached hydrogens (tertiary/aromatic N) is 1. The molecule has 2 rings (SSSR count). The summed E-state index contributed by atoms with van der Waals surface area (Å²) in [5.41, 5.74) is 0.328. The van der Waals surface area contributed by atoms with Crippen LogP contribution in [0.1, 0.15) is 12.8 Å². The van der Waals surface area contributed by atoms with Gasteiger partial charge in [-0.1, -0.05) is 11.6 Å². The van der Waals surface area contributed by atoms with Crippen molar-refractivity contribution in [3.05, 3.63) is 23.2 Å². The topological polar surface area (TPSA) is 75.7 Å². The van der Waals surface area contributed by atoms with E-state index in [4.69, 9.17) is 16.3 Å². The van der Waals surface area contributed by atoms with E-state index in [9.17, 15) is 13.2 Å². The highest BCUT2D eigenvalue weighted by molar-refractivity contribution is 7.92. The minimum absolute atomic E-state index is 0.179. The lowest BCUT2D eigenvalue weighted by molar-refractivity contribution is -0.119. The highest BCUT2D eigenvalue weighted by Crippen LogP contribution is 2.30. The molecule has 0 spiro atoms. The molecule has 1 fully saturated rings. The Balaban J connectivity index is 2.23. The van der Waals surface area contributed by atoms with Gasteiger partial charge in [-0.05, 0) is 31.0 Å². The van der Waals surface area contributed by atoms with Crippen molar-refractivity contribution in [3.8, 4) is 5.75 Å². The molecule has 8 heteroatoms. The molecule has 0 aliphatic heterocycles. The van der Waals surface area contributed by atoms with Gasteiger partial charge in [0.15, 0.2) is 0 Å². The first kappa shape index (κ1) is 15.9. The fraction of sp³-hybridized carbons (Fsp3) is 0.462. The zero-order valence-electron chi connectivity index (χ0n) is 11.8. The van der Waals surface area contributed by atoms with Gasteiger partial charge in [0.25, 0.3) is 0 Å². The van der Waals surface area contributed by atoms with E-state index in [1.807, 2.05) is 0 Å². The first-order valence-corrected chi connectivity index (χ1v) is 8.64. The van der Waals surface area contributed by atoms with Crippen LogP contribution in [0.2, 0.25) is 5.02 Å². The van der Waals surface area contributed by atoms with Crippen LogP contribution >= 0.6 is 11.6 Å². The molecule has 1 aliphatic carbocycles. The molecule has 1 aliphatic rings. The molecular weight excluding hydrogens is 316 g/mol. The van der Waals surface area contributed by atoms with Crippen molar-refractivity contribution in [1.29, 1.82) is 0 Å². The fourth-order valence-corrected chi connectivity index (χ4v) is 2.94. The number of amides is 1. The number of hydrogen-bond acceptors (Lipinski definition) is 4. The number of ether oxygens (including phenoxy) is 1. The quantitative estimate of drug-likeness (QED) is 0.854. The molecular formula is C13H17ClN2O4S. The summed E-state index contributed by atoms with van der Waals surface area (Å²) in [6.45, 7) is -0.266. The van der Waals surface area contributed by atoms with Gasteiger partial charge in [-0.3, -0.25) is 9.10 Å². The molecule has 1 aromatic rings. The summed E-state index contributed by atoms with van der Waals surface area (Å²) in [4.78, 5) is 11.9. The zero-order valence-corrected chi connectivity index (χ0v) is 13.4. The first-order chi connectivity index (χ1) is 9.81. The molecule has 0 saturated heterocycles. The van der Waals surface area contributed by atoms with Gasteiger partial charge >= 0.3 is 0 Å². The average molecular weight is 333 g/mol. The molecule has 1 aromatic carbocycles. The Morgan fingerprint density at radius 3 is 2.62 bits per heavy atom. The second-order valence-corrected chi connectivity index (χ2v) is 7.24. The number of carbonyl (C=O) groups excluding carboxylic acids is 1. The van der Waals surface area contributed by atoms with Crippen molar-refractivity contribution >= 4 is 33.2 Å². The van der Waals surface area contributed by atoms with Crippen molar-refractivity contribution in [2.75, 3.05) is 24.2 Å². The Morgan fingerprint density at radius 2 is 2.14 bits per heavy atom. The smallest absolute Gasteiger partial charge is 0.240 e. The van der Waals surface area contributed by atoms with Crippen LogP contribution in [0.4, 0.5) is 5.69 Å². The van der Waals surface area contributed by atoms with E-state index in [0.717, 1.165) is 23.4 Å². The van der Waals surface area contributed by atoms with Gasteiger partial charge in [-0.2, -0.15) is 0 Å². The third kappa shape index (κ3) is 4.25. The van der Waals surface area contributed by atoms with Crippen LogP contribution in [0.3, 0.4) is 0 Å². The Bertz CT molecular complexity index is 644. The second kappa shape index (κ2) is 6.11. The number of rotatable bonds is 6. The van der Waals surface area contributed by atoms with Crippen molar-refractivity contribution in [3.63, 3.8) is 0 Å². The van der Waals surface area contributed by atoms with Gasteiger partial charge in [0, 0.05) is 6.04 Å². The zero-order chi connectivity index (χ0) is 15.6. The van der Waals surface area contributed by atoms with Crippen LogP contribution in [-0.4, -0.2) is 40.3 Å². The summed E-state index contributed by atoms with van der Waals surface area (Å²) in [7, 11) is -2.12. The van der Waals surface area contributed by atoms with Gasteiger partial charge in [-0.15, -0.1) is 0 Å². The number of nitrogens with one attached hydrogen (secondary N) is 1. The molecule has 0 unspecified atom stereocenters. The lowest BCUT2D eigenvalue weighted by Crippen LogP contribution is -2.41. The van der Waals surface area contributed by atoms with E-state index in [0.29, 0.717) is 11.4 Å². The van der Waals surface area contributed by atoms with Gasteiger partial charge in [0.2, 0.25) is 15.9 Å². The summed E-state index contributed by atoms with van der Waals surface area (Å²) < 4.78 is 29.9. The standard InChI is InChI=1S/C13H17ClN2O4S/c1-20-12-6-5-10(7-11(12)14)16(21(2,18)19)8-13(17)15-9-3-4-9/h5-7,9H,3-4,8H2,1-2H3,(H,15,17). The Morgan fingerprint density at radius 1 is 1.48 bits per heavy atom. The summed E-state index contributed by atoms with van der Waals surface area (Å²) in [5, 5.41) is 3.04. The maximum absolute atomic E-state index is 11.9.